The fourth-order valence-corrected chi connectivity index (χ4v) is 1.56. The molecule has 92 valence electrons. The van der Waals surface area contributed by atoms with Gasteiger partial charge < -0.3 is 0 Å². The van der Waals surface area contributed by atoms with Crippen molar-refractivity contribution in [2.24, 2.45) is 0 Å². The zero-order valence-corrected chi connectivity index (χ0v) is 10.2. The summed E-state index contributed by atoms with van der Waals surface area (Å²) < 4.78 is 25.5. The summed E-state index contributed by atoms with van der Waals surface area (Å²) in [5.74, 6) is 4.18. The van der Waals surface area contributed by atoms with Crippen LogP contribution in [-0.2, 0) is 0 Å². The van der Waals surface area contributed by atoms with Crippen molar-refractivity contribution in [1.82, 2.24) is 0 Å². The van der Waals surface area contributed by atoms with Gasteiger partial charge in [-0.3, -0.25) is 0 Å². The molecule has 0 heterocycles. The summed E-state index contributed by atoms with van der Waals surface area (Å²) in [5, 5.41) is 0. The molecule has 0 atom stereocenters. The Balaban J connectivity index is 2.31. The monoisotopic (exact) mass is 236 g/mol. The second-order valence-corrected chi connectivity index (χ2v) is 4.09. The molecule has 0 fully saturated rings. The van der Waals surface area contributed by atoms with Gasteiger partial charge in [-0.05, 0) is 24.6 Å². The Bertz CT molecular complexity index is 399. The first-order valence-electron chi connectivity index (χ1n) is 6.18. The van der Waals surface area contributed by atoms with Gasteiger partial charge in [-0.2, -0.15) is 0 Å². The summed E-state index contributed by atoms with van der Waals surface area (Å²) in [7, 11) is 0. The highest BCUT2D eigenvalue weighted by Crippen LogP contribution is 2.08. The fourth-order valence-electron chi connectivity index (χ4n) is 1.56. The van der Waals surface area contributed by atoms with E-state index >= 15 is 0 Å². The normalized spacial score (nSPS) is 9.82. The molecular weight excluding hydrogens is 218 g/mol. The van der Waals surface area contributed by atoms with E-state index in [9.17, 15) is 8.78 Å². The van der Waals surface area contributed by atoms with Gasteiger partial charge in [0.2, 0.25) is 0 Å². The van der Waals surface area contributed by atoms with Gasteiger partial charge in [-0.15, -0.1) is 0 Å². The Morgan fingerprint density at radius 1 is 1.00 bits per heavy atom. The van der Waals surface area contributed by atoms with E-state index in [1.807, 2.05) is 0 Å². The highest BCUT2D eigenvalue weighted by Gasteiger charge is 1.99. The van der Waals surface area contributed by atoms with Crippen LogP contribution in [0.3, 0.4) is 0 Å². The van der Waals surface area contributed by atoms with Crippen LogP contribution in [0, 0.1) is 23.5 Å². The smallest absolute Gasteiger partial charge is 0.160 e. The van der Waals surface area contributed by atoms with E-state index < -0.39 is 11.6 Å². The molecule has 1 aromatic rings. The maximum atomic E-state index is 12.9. The molecule has 1 aromatic carbocycles. The van der Waals surface area contributed by atoms with Gasteiger partial charge in [0.25, 0.3) is 0 Å². The predicted octanol–water partition coefficient (Wildman–Crippen LogP) is 4.68. The number of benzene rings is 1. The molecule has 0 aromatic heterocycles. The zero-order chi connectivity index (χ0) is 12.5. The van der Waals surface area contributed by atoms with Gasteiger partial charge >= 0.3 is 0 Å². The van der Waals surface area contributed by atoms with E-state index in [4.69, 9.17) is 0 Å². The Labute approximate surface area is 102 Å². The Morgan fingerprint density at radius 2 is 1.76 bits per heavy atom. The number of hydrogen-bond donors (Lipinski definition) is 0. The third-order valence-corrected chi connectivity index (χ3v) is 2.56. The van der Waals surface area contributed by atoms with Crippen LogP contribution in [0.2, 0.25) is 0 Å². The van der Waals surface area contributed by atoms with Crippen LogP contribution >= 0.6 is 0 Å². The van der Waals surface area contributed by atoms with E-state index in [0.717, 1.165) is 25.0 Å². The van der Waals surface area contributed by atoms with Crippen molar-refractivity contribution in [1.29, 1.82) is 0 Å². The lowest BCUT2D eigenvalue weighted by molar-refractivity contribution is 0.508. The Morgan fingerprint density at radius 3 is 2.47 bits per heavy atom. The molecule has 1 rings (SSSR count). The minimum Gasteiger partial charge on any atom is -0.204 e. The van der Waals surface area contributed by atoms with E-state index in [2.05, 4.69) is 18.8 Å². The molecule has 0 spiro atoms. The molecule has 0 aliphatic rings. The number of rotatable bonds is 5. The lowest BCUT2D eigenvalue weighted by Crippen LogP contribution is -1.84. The van der Waals surface area contributed by atoms with Gasteiger partial charge in [0, 0.05) is 12.0 Å². The van der Waals surface area contributed by atoms with E-state index in [0.29, 0.717) is 5.56 Å². The highest BCUT2D eigenvalue weighted by molar-refractivity contribution is 5.34. The maximum Gasteiger partial charge on any atom is 0.160 e. The van der Waals surface area contributed by atoms with Crippen LogP contribution in [0.1, 0.15) is 51.0 Å². The van der Waals surface area contributed by atoms with Crippen molar-refractivity contribution < 1.29 is 8.78 Å². The SMILES string of the molecule is CCCCCCCC#Cc1ccc(F)c(F)c1. The summed E-state index contributed by atoms with van der Waals surface area (Å²) in [5.41, 5.74) is 0.539. The van der Waals surface area contributed by atoms with Gasteiger partial charge in [-0.25, -0.2) is 8.78 Å². The molecule has 0 aliphatic carbocycles. The second kappa shape index (κ2) is 7.84. The summed E-state index contributed by atoms with van der Waals surface area (Å²) in [6, 6.07) is 3.75. The van der Waals surface area contributed by atoms with Crippen molar-refractivity contribution >= 4 is 0 Å². The molecule has 0 radical (unpaired) electrons. The number of halogens is 2. The zero-order valence-electron chi connectivity index (χ0n) is 10.2. The quantitative estimate of drug-likeness (QED) is 0.514. The highest BCUT2D eigenvalue weighted by atomic mass is 19.2. The third-order valence-electron chi connectivity index (χ3n) is 2.56. The first-order chi connectivity index (χ1) is 8.24. The lowest BCUT2D eigenvalue weighted by atomic mass is 10.1. The van der Waals surface area contributed by atoms with Crippen molar-refractivity contribution in [2.75, 3.05) is 0 Å². The maximum absolute atomic E-state index is 12.9. The molecule has 0 saturated carbocycles. The minimum absolute atomic E-state index is 0.539. The molecule has 0 unspecified atom stereocenters. The van der Waals surface area contributed by atoms with Crippen LogP contribution in [0.5, 0.6) is 0 Å². The molecular formula is C15H18F2. The predicted molar refractivity (Wildman–Crippen MR) is 66.6 cm³/mol. The van der Waals surface area contributed by atoms with Crippen molar-refractivity contribution in [3.63, 3.8) is 0 Å². The Kier molecular flexibility index (Phi) is 6.32. The van der Waals surface area contributed by atoms with Crippen molar-refractivity contribution in [2.45, 2.75) is 45.4 Å². The number of hydrogen-bond acceptors (Lipinski definition) is 0. The molecule has 0 amide bonds. The van der Waals surface area contributed by atoms with E-state index in [-0.39, 0.29) is 0 Å². The minimum atomic E-state index is -0.834. The summed E-state index contributed by atoms with van der Waals surface area (Å²) in [4.78, 5) is 0. The van der Waals surface area contributed by atoms with Crippen LogP contribution in [0.15, 0.2) is 18.2 Å². The standard InChI is InChI=1S/C15H18F2/c1-2-3-4-5-6-7-8-9-13-10-11-14(16)15(17)12-13/h10-12H,2-7H2,1H3. The van der Waals surface area contributed by atoms with Crippen LogP contribution < -0.4 is 0 Å². The molecule has 2 heteroatoms. The second-order valence-electron chi connectivity index (χ2n) is 4.09. The van der Waals surface area contributed by atoms with Crippen LogP contribution in [-0.4, -0.2) is 0 Å². The van der Waals surface area contributed by atoms with Gasteiger partial charge in [0.1, 0.15) is 0 Å². The Hall–Kier alpha value is -1.36. The largest absolute Gasteiger partial charge is 0.204 e. The number of unbranched alkanes of at least 4 members (excludes halogenated alkanes) is 5. The molecule has 0 saturated heterocycles. The summed E-state index contributed by atoms with van der Waals surface area (Å²) >= 11 is 0. The molecule has 17 heavy (non-hydrogen) atoms. The average molecular weight is 236 g/mol. The first kappa shape index (κ1) is 13.7. The average Bonchev–Trinajstić information content (AvgIpc) is 2.32. The summed E-state index contributed by atoms with van der Waals surface area (Å²) in [6.45, 7) is 2.18. The van der Waals surface area contributed by atoms with Gasteiger partial charge in [0.15, 0.2) is 11.6 Å². The summed E-state index contributed by atoms with van der Waals surface area (Å²) in [6.07, 6.45) is 6.86. The molecule has 0 bridgehead atoms. The molecule has 0 nitrogen and oxygen atoms in total. The van der Waals surface area contributed by atoms with Crippen LogP contribution in [0.4, 0.5) is 8.78 Å². The third kappa shape index (κ3) is 5.49. The molecule has 0 N–H and O–H groups in total. The lowest BCUT2D eigenvalue weighted by Gasteiger charge is -1.95. The topological polar surface area (TPSA) is 0 Å². The van der Waals surface area contributed by atoms with E-state index in [1.54, 1.807) is 0 Å². The molecule has 0 aliphatic heterocycles. The van der Waals surface area contributed by atoms with Crippen molar-refractivity contribution in [3.8, 4) is 11.8 Å². The van der Waals surface area contributed by atoms with Crippen molar-refractivity contribution in [3.05, 3.63) is 35.4 Å². The van der Waals surface area contributed by atoms with Gasteiger partial charge in [0.05, 0.1) is 0 Å². The van der Waals surface area contributed by atoms with Crippen LogP contribution in [0.25, 0.3) is 0 Å². The fraction of sp³-hybridized carbons (Fsp3) is 0.467. The first-order valence-corrected chi connectivity index (χ1v) is 6.18. The van der Waals surface area contributed by atoms with E-state index in [1.165, 1.54) is 31.7 Å². The van der Waals surface area contributed by atoms with Gasteiger partial charge in [-0.1, -0.05) is 44.4 Å².